The molecule has 0 atom stereocenters. The molecule has 0 saturated carbocycles. The summed E-state index contributed by atoms with van der Waals surface area (Å²) in [6, 6.07) is 1.60. The number of aromatic nitrogens is 2. The zero-order valence-electron chi connectivity index (χ0n) is 6.50. The Hall–Kier alpha value is -1.32. The fourth-order valence-corrected chi connectivity index (χ4v) is 0.526. The molecule has 0 amide bonds. The fraction of sp³-hybridized carbons (Fsp3) is 0.429. The average Bonchev–Trinajstić information content (AvgIpc) is 2.39. The number of rotatable bonds is 2. The van der Waals surface area contributed by atoms with E-state index in [9.17, 15) is 4.79 Å². The average molecular weight is 154 g/mol. The van der Waals surface area contributed by atoms with E-state index in [1.807, 2.05) is 0 Å². The predicted octanol–water partition coefficient (Wildman–Crippen LogP) is 0.971. The largest absolute Gasteiger partial charge is 0.408 e. The van der Waals surface area contributed by atoms with Crippen LogP contribution in [0.5, 0.6) is 5.88 Å². The summed E-state index contributed by atoms with van der Waals surface area (Å²) in [4.78, 5) is 10.9. The SMILES string of the molecule is CC(C)C(=O)Oc1ccn[nH]1. The number of ether oxygens (including phenoxy) is 1. The van der Waals surface area contributed by atoms with Gasteiger partial charge in [-0.2, -0.15) is 5.10 Å². The summed E-state index contributed by atoms with van der Waals surface area (Å²) in [5, 5.41) is 6.16. The number of carbonyl (C=O) groups excluding carboxylic acids is 1. The molecule has 1 N–H and O–H groups in total. The normalized spacial score (nSPS) is 10.1. The molecule has 0 unspecified atom stereocenters. The molecule has 60 valence electrons. The first-order chi connectivity index (χ1) is 5.20. The van der Waals surface area contributed by atoms with Gasteiger partial charge in [-0.05, 0) is 0 Å². The van der Waals surface area contributed by atoms with E-state index in [1.54, 1.807) is 19.9 Å². The van der Waals surface area contributed by atoms with Gasteiger partial charge in [-0.1, -0.05) is 13.8 Å². The van der Waals surface area contributed by atoms with Gasteiger partial charge in [-0.15, -0.1) is 0 Å². The van der Waals surface area contributed by atoms with Crippen LogP contribution in [0, 0.1) is 5.92 Å². The molecule has 0 aromatic carbocycles. The van der Waals surface area contributed by atoms with Gasteiger partial charge in [0.25, 0.3) is 0 Å². The molecule has 0 aliphatic carbocycles. The van der Waals surface area contributed by atoms with E-state index in [0.29, 0.717) is 5.88 Å². The highest BCUT2D eigenvalue weighted by Crippen LogP contribution is 2.05. The number of nitrogens with one attached hydrogen (secondary N) is 1. The van der Waals surface area contributed by atoms with Gasteiger partial charge in [0.05, 0.1) is 12.1 Å². The number of hydrogen-bond acceptors (Lipinski definition) is 3. The highest BCUT2D eigenvalue weighted by molar-refractivity contribution is 5.73. The van der Waals surface area contributed by atoms with Crippen LogP contribution in [0.1, 0.15) is 13.8 Å². The first-order valence-electron chi connectivity index (χ1n) is 3.41. The standard InChI is InChI=1S/C7H10N2O2/c1-5(2)7(10)11-6-3-4-8-9-6/h3-5H,1-2H3,(H,8,9). The van der Waals surface area contributed by atoms with E-state index in [4.69, 9.17) is 4.74 Å². The van der Waals surface area contributed by atoms with Crippen LogP contribution in [0.15, 0.2) is 12.3 Å². The van der Waals surface area contributed by atoms with E-state index >= 15 is 0 Å². The molecule has 0 radical (unpaired) electrons. The Balaban J connectivity index is 2.50. The van der Waals surface area contributed by atoms with Gasteiger partial charge in [0.2, 0.25) is 5.88 Å². The summed E-state index contributed by atoms with van der Waals surface area (Å²) in [6.07, 6.45) is 1.53. The van der Waals surface area contributed by atoms with Gasteiger partial charge in [0, 0.05) is 6.07 Å². The number of esters is 1. The number of aromatic amines is 1. The van der Waals surface area contributed by atoms with Gasteiger partial charge in [0.15, 0.2) is 0 Å². The van der Waals surface area contributed by atoms with Crippen molar-refractivity contribution in [2.24, 2.45) is 5.92 Å². The molecule has 1 aromatic rings. The zero-order valence-corrected chi connectivity index (χ0v) is 6.50. The minimum atomic E-state index is -0.255. The second-order valence-corrected chi connectivity index (χ2v) is 2.50. The van der Waals surface area contributed by atoms with E-state index in [-0.39, 0.29) is 11.9 Å². The maximum absolute atomic E-state index is 10.9. The topological polar surface area (TPSA) is 55.0 Å². The summed E-state index contributed by atoms with van der Waals surface area (Å²) < 4.78 is 4.86. The second-order valence-electron chi connectivity index (χ2n) is 2.50. The molecule has 0 aliphatic rings. The predicted molar refractivity (Wildman–Crippen MR) is 39.1 cm³/mol. The number of hydrogen-bond donors (Lipinski definition) is 1. The Morgan fingerprint density at radius 2 is 2.45 bits per heavy atom. The summed E-state index contributed by atoms with van der Waals surface area (Å²) in [5.41, 5.74) is 0. The third kappa shape index (κ3) is 2.07. The highest BCUT2D eigenvalue weighted by atomic mass is 16.5. The second kappa shape index (κ2) is 3.18. The molecule has 0 spiro atoms. The van der Waals surface area contributed by atoms with Crippen molar-refractivity contribution in [3.05, 3.63) is 12.3 Å². The Bertz CT molecular complexity index is 229. The molecule has 0 saturated heterocycles. The van der Waals surface area contributed by atoms with Crippen LogP contribution in [0.2, 0.25) is 0 Å². The van der Waals surface area contributed by atoms with Gasteiger partial charge < -0.3 is 4.74 Å². The lowest BCUT2D eigenvalue weighted by Crippen LogP contribution is -2.14. The smallest absolute Gasteiger partial charge is 0.315 e. The monoisotopic (exact) mass is 154 g/mol. The van der Waals surface area contributed by atoms with E-state index in [1.165, 1.54) is 6.20 Å². The summed E-state index contributed by atoms with van der Waals surface area (Å²) in [7, 11) is 0. The van der Waals surface area contributed by atoms with Crippen LogP contribution < -0.4 is 4.74 Å². The van der Waals surface area contributed by atoms with Crippen molar-refractivity contribution >= 4 is 5.97 Å². The molecule has 0 aliphatic heterocycles. The van der Waals surface area contributed by atoms with E-state index < -0.39 is 0 Å². The molecule has 4 heteroatoms. The zero-order chi connectivity index (χ0) is 8.27. The third-order valence-corrected chi connectivity index (χ3v) is 1.16. The van der Waals surface area contributed by atoms with Gasteiger partial charge >= 0.3 is 5.97 Å². The lowest BCUT2D eigenvalue weighted by Gasteiger charge is -2.02. The van der Waals surface area contributed by atoms with Crippen molar-refractivity contribution in [3.8, 4) is 5.88 Å². The maximum Gasteiger partial charge on any atom is 0.315 e. The number of carbonyl (C=O) groups is 1. The summed E-state index contributed by atoms with van der Waals surface area (Å²) in [5.74, 6) is 0.0243. The lowest BCUT2D eigenvalue weighted by atomic mass is 10.2. The first-order valence-corrected chi connectivity index (χ1v) is 3.41. The molecule has 0 fully saturated rings. The Morgan fingerprint density at radius 1 is 1.73 bits per heavy atom. The molecular formula is C7H10N2O2. The van der Waals surface area contributed by atoms with E-state index in [0.717, 1.165) is 0 Å². The lowest BCUT2D eigenvalue weighted by molar-refractivity contribution is -0.138. The van der Waals surface area contributed by atoms with Crippen LogP contribution in [0.25, 0.3) is 0 Å². The maximum atomic E-state index is 10.9. The summed E-state index contributed by atoms with van der Waals surface area (Å²) >= 11 is 0. The molecule has 11 heavy (non-hydrogen) atoms. The minimum Gasteiger partial charge on any atom is -0.408 e. The van der Waals surface area contributed by atoms with E-state index in [2.05, 4.69) is 10.2 Å². The van der Waals surface area contributed by atoms with Gasteiger partial charge in [0.1, 0.15) is 0 Å². The minimum absolute atomic E-state index is 0.113. The fourth-order valence-electron chi connectivity index (χ4n) is 0.526. The van der Waals surface area contributed by atoms with Crippen LogP contribution in [0.3, 0.4) is 0 Å². The van der Waals surface area contributed by atoms with Crippen LogP contribution in [0.4, 0.5) is 0 Å². The van der Waals surface area contributed by atoms with Crippen LogP contribution in [-0.2, 0) is 4.79 Å². The van der Waals surface area contributed by atoms with Crippen LogP contribution >= 0.6 is 0 Å². The molecule has 0 bridgehead atoms. The number of nitrogens with zero attached hydrogens (tertiary/aromatic N) is 1. The van der Waals surface area contributed by atoms with Gasteiger partial charge in [-0.25, -0.2) is 5.10 Å². The molecule has 1 heterocycles. The Kier molecular flexibility index (Phi) is 2.25. The Labute approximate surface area is 64.6 Å². The Morgan fingerprint density at radius 3 is 2.91 bits per heavy atom. The van der Waals surface area contributed by atoms with Crippen molar-refractivity contribution in [3.63, 3.8) is 0 Å². The van der Waals surface area contributed by atoms with Crippen molar-refractivity contribution in [2.45, 2.75) is 13.8 Å². The quantitative estimate of drug-likeness (QED) is 0.646. The molecule has 4 nitrogen and oxygen atoms in total. The van der Waals surface area contributed by atoms with Crippen molar-refractivity contribution in [2.75, 3.05) is 0 Å². The van der Waals surface area contributed by atoms with Crippen molar-refractivity contribution in [1.29, 1.82) is 0 Å². The number of H-pyrrole nitrogens is 1. The van der Waals surface area contributed by atoms with Crippen LogP contribution in [-0.4, -0.2) is 16.2 Å². The van der Waals surface area contributed by atoms with Gasteiger partial charge in [-0.3, -0.25) is 4.79 Å². The first kappa shape index (κ1) is 7.78. The summed E-state index contributed by atoms with van der Waals surface area (Å²) in [6.45, 7) is 3.55. The molecular weight excluding hydrogens is 144 g/mol. The molecule has 1 aromatic heterocycles. The molecule has 1 rings (SSSR count). The van der Waals surface area contributed by atoms with Crippen molar-refractivity contribution in [1.82, 2.24) is 10.2 Å². The highest BCUT2D eigenvalue weighted by Gasteiger charge is 2.09. The van der Waals surface area contributed by atoms with Crippen molar-refractivity contribution < 1.29 is 9.53 Å². The third-order valence-electron chi connectivity index (χ3n) is 1.16.